The molecule has 0 unspecified atom stereocenters. The fourth-order valence-corrected chi connectivity index (χ4v) is 3.47. The maximum atomic E-state index is 12.3. The van der Waals surface area contributed by atoms with Crippen molar-refractivity contribution in [2.75, 3.05) is 37.8 Å². The average molecular weight is 311 g/mol. The number of hydrogen-bond acceptors (Lipinski definition) is 6. The van der Waals surface area contributed by atoms with Crippen molar-refractivity contribution in [1.29, 1.82) is 0 Å². The molecule has 2 rings (SSSR count). The van der Waals surface area contributed by atoms with E-state index in [1.165, 1.54) is 11.5 Å². The Bertz CT molecular complexity index is 494. The summed E-state index contributed by atoms with van der Waals surface area (Å²) in [5, 5.41) is 3.78. The van der Waals surface area contributed by atoms with Gasteiger partial charge in [0.2, 0.25) is 0 Å². The molecule has 3 N–H and O–H groups in total. The molecule has 1 aliphatic rings. The van der Waals surface area contributed by atoms with Crippen LogP contribution in [-0.4, -0.2) is 54.4 Å². The quantitative estimate of drug-likeness (QED) is 0.879. The third-order valence-electron chi connectivity index (χ3n) is 3.90. The first-order chi connectivity index (χ1) is 9.90. The lowest BCUT2D eigenvalue weighted by Gasteiger charge is -2.35. The van der Waals surface area contributed by atoms with Gasteiger partial charge in [-0.15, -0.1) is 0 Å². The second kappa shape index (κ2) is 6.62. The molecule has 1 fully saturated rings. The molecule has 21 heavy (non-hydrogen) atoms. The van der Waals surface area contributed by atoms with E-state index in [0.717, 1.165) is 30.9 Å². The van der Waals surface area contributed by atoms with Crippen molar-refractivity contribution in [2.45, 2.75) is 38.8 Å². The monoisotopic (exact) mass is 311 g/mol. The SMILES string of the molecule is CC(C)NC(=O)c1c(N)nsc1N(C)C1CCN(C)CC1. The fraction of sp³-hybridized carbons (Fsp3) is 0.714. The molecule has 1 saturated heterocycles. The zero-order valence-electron chi connectivity index (χ0n) is 13.2. The molecule has 1 aromatic rings. The van der Waals surface area contributed by atoms with Gasteiger partial charge >= 0.3 is 0 Å². The zero-order valence-corrected chi connectivity index (χ0v) is 14.0. The molecule has 118 valence electrons. The molecule has 0 aromatic carbocycles. The Labute approximate surface area is 130 Å². The van der Waals surface area contributed by atoms with Crippen molar-refractivity contribution in [3.8, 4) is 0 Å². The number of amides is 1. The molecular formula is C14H25N5OS. The minimum atomic E-state index is -0.133. The summed E-state index contributed by atoms with van der Waals surface area (Å²) in [4.78, 5) is 16.8. The Hall–Kier alpha value is -1.34. The zero-order chi connectivity index (χ0) is 15.6. The maximum absolute atomic E-state index is 12.3. The van der Waals surface area contributed by atoms with E-state index in [0.29, 0.717) is 17.4 Å². The van der Waals surface area contributed by atoms with Gasteiger partial charge in [-0.2, -0.15) is 4.37 Å². The van der Waals surface area contributed by atoms with E-state index in [-0.39, 0.29) is 11.9 Å². The Morgan fingerprint density at radius 3 is 2.67 bits per heavy atom. The van der Waals surface area contributed by atoms with Crippen LogP contribution in [0.3, 0.4) is 0 Å². The molecule has 1 amide bonds. The van der Waals surface area contributed by atoms with Gasteiger partial charge in [0.15, 0.2) is 5.82 Å². The van der Waals surface area contributed by atoms with Gasteiger partial charge in [-0.25, -0.2) is 0 Å². The predicted molar refractivity (Wildman–Crippen MR) is 88.1 cm³/mol. The van der Waals surface area contributed by atoms with Crippen molar-refractivity contribution in [2.24, 2.45) is 0 Å². The number of carbonyl (C=O) groups excluding carboxylic acids is 1. The number of aromatic nitrogens is 1. The molecule has 0 bridgehead atoms. The van der Waals surface area contributed by atoms with Crippen molar-refractivity contribution in [3.05, 3.63) is 5.56 Å². The summed E-state index contributed by atoms with van der Waals surface area (Å²) in [7, 11) is 4.18. The Morgan fingerprint density at radius 2 is 2.10 bits per heavy atom. The van der Waals surface area contributed by atoms with Crippen LogP contribution in [0.25, 0.3) is 0 Å². The van der Waals surface area contributed by atoms with Crippen LogP contribution in [0.1, 0.15) is 37.0 Å². The summed E-state index contributed by atoms with van der Waals surface area (Å²) in [5.41, 5.74) is 6.43. The van der Waals surface area contributed by atoms with Gasteiger partial charge in [-0.3, -0.25) is 4.79 Å². The van der Waals surface area contributed by atoms with Gasteiger partial charge in [0.25, 0.3) is 5.91 Å². The Kier molecular flexibility index (Phi) is 5.05. The first-order valence-electron chi connectivity index (χ1n) is 7.37. The number of rotatable bonds is 4. The van der Waals surface area contributed by atoms with Crippen LogP contribution in [0.5, 0.6) is 0 Å². The van der Waals surface area contributed by atoms with Crippen LogP contribution in [0, 0.1) is 0 Å². The topological polar surface area (TPSA) is 74.5 Å². The van der Waals surface area contributed by atoms with Crippen molar-refractivity contribution in [1.82, 2.24) is 14.6 Å². The molecule has 0 spiro atoms. The highest BCUT2D eigenvalue weighted by atomic mass is 32.1. The molecule has 1 aliphatic heterocycles. The van der Waals surface area contributed by atoms with E-state index in [1.54, 1.807) is 0 Å². The fourth-order valence-electron chi connectivity index (χ4n) is 2.63. The summed E-state index contributed by atoms with van der Waals surface area (Å²) in [6, 6.07) is 0.518. The Morgan fingerprint density at radius 1 is 1.48 bits per heavy atom. The van der Waals surface area contributed by atoms with E-state index in [1.807, 2.05) is 20.9 Å². The smallest absolute Gasteiger partial charge is 0.258 e. The minimum Gasteiger partial charge on any atom is -0.382 e. The number of piperidine rings is 1. The highest BCUT2D eigenvalue weighted by Gasteiger charge is 2.27. The number of nitrogen functional groups attached to an aromatic ring is 1. The second-order valence-electron chi connectivity index (χ2n) is 6.02. The van der Waals surface area contributed by atoms with Crippen molar-refractivity contribution < 1.29 is 4.79 Å². The molecular weight excluding hydrogens is 286 g/mol. The second-order valence-corrected chi connectivity index (χ2v) is 6.77. The highest BCUT2D eigenvalue weighted by molar-refractivity contribution is 7.11. The summed E-state index contributed by atoms with van der Waals surface area (Å²) in [6.07, 6.45) is 2.19. The lowest BCUT2D eigenvalue weighted by atomic mass is 10.0. The number of nitrogens with zero attached hydrogens (tertiary/aromatic N) is 3. The molecule has 0 aliphatic carbocycles. The van der Waals surface area contributed by atoms with E-state index in [9.17, 15) is 4.79 Å². The Balaban J connectivity index is 2.18. The van der Waals surface area contributed by atoms with Crippen molar-refractivity contribution in [3.63, 3.8) is 0 Å². The number of nitrogens with two attached hydrogens (primary N) is 1. The van der Waals surface area contributed by atoms with E-state index in [2.05, 4.69) is 26.5 Å². The normalized spacial score (nSPS) is 17.2. The predicted octanol–water partition coefficient (Wildman–Crippen LogP) is 1.39. The largest absolute Gasteiger partial charge is 0.382 e. The van der Waals surface area contributed by atoms with E-state index >= 15 is 0 Å². The van der Waals surface area contributed by atoms with E-state index < -0.39 is 0 Å². The van der Waals surface area contributed by atoms with E-state index in [4.69, 9.17) is 5.73 Å². The number of likely N-dealkylation sites (tertiary alicyclic amines) is 1. The van der Waals surface area contributed by atoms with Gasteiger partial charge in [0.1, 0.15) is 10.6 Å². The van der Waals surface area contributed by atoms with Gasteiger partial charge in [0, 0.05) is 19.1 Å². The molecule has 1 aromatic heterocycles. The number of hydrogen-bond donors (Lipinski definition) is 2. The molecule has 0 saturated carbocycles. The third-order valence-corrected chi connectivity index (χ3v) is 4.86. The van der Waals surface area contributed by atoms with Gasteiger partial charge < -0.3 is 20.9 Å². The summed E-state index contributed by atoms with van der Waals surface area (Å²) in [6.45, 7) is 6.04. The summed E-state index contributed by atoms with van der Waals surface area (Å²) < 4.78 is 4.18. The number of nitrogens with one attached hydrogen (secondary N) is 1. The summed E-state index contributed by atoms with van der Waals surface area (Å²) in [5.74, 6) is 0.193. The molecule has 0 radical (unpaired) electrons. The lowest BCUT2D eigenvalue weighted by molar-refractivity contribution is 0.0944. The average Bonchev–Trinajstić information content (AvgIpc) is 2.80. The third kappa shape index (κ3) is 3.65. The van der Waals surface area contributed by atoms with Crippen LogP contribution in [0.2, 0.25) is 0 Å². The first-order valence-corrected chi connectivity index (χ1v) is 8.15. The first kappa shape index (κ1) is 16.0. The van der Waals surface area contributed by atoms with Crippen LogP contribution in [0.15, 0.2) is 0 Å². The highest BCUT2D eigenvalue weighted by Crippen LogP contribution is 2.33. The van der Waals surface area contributed by atoms with Gasteiger partial charge in [-0.1, -0.05) is 0 Å². The molecule has 2 heterocycles. The minimum absolute atomic E-state index is 0.0817. The number of anilines is 2. The van der Waals surface area contributed by atoms with Gasteiger partial charge in [0.05, 0.1) is 0 Å². The van der Waals surface area contributed by atoms with Crippen molar-refractivity contribution >= 4 is 28.3 Å². The van der Waals surface area contributed by atoms with Crippen LogP contribution in [-0.2, 0) is 0 Å². The molecule has 7 heteroatoms. The standard InChI is InChI=1S/C14H25N5OS/c1-9(2)16-13(20)11-12(15)17-21-14(11)19(4)10-5-7-18(3)8-6-10/h9-10H,5-8H2,1-4H3,(H2,15,17)(H,16,20). The molecule has 6 nitrogen and oxygen atoms in total. The number of carbonyl (C=O) groups is 1. The van der Waals surface area contributed by atoms with Crippen LogP contribution >= 0.6 is 11.5 Å². The summed E-state index contributed by atoms with van der Waals surface area (Å²) >= 11 is 1.31. The van der Waals surface area contributed by atoms with Crippen LogP contribution < -0.4 is 16.0 Å². The van der Waals surface area contributed by atoms with Gasteiger partial charge in [-0.05, 0) is 58.4 Å². The van der Waals surface area contributed by atoms with Crippen LogP contribution in [0.4, 0.5) is 10.8 Å². The molecule has 0 atom stereocenters. The maximum Gasteiger partial charge on any atom is 0.258 e. The lowest BCUT2D eigenvalue weighted by Crippen LogP contribution is -2.42.